The second-order valence-corrected chi connectivity index (χ2v) is 5.64. The second-order valence-electron chi connectivity index (χ2n) is 5.64. The number of methoxy groups -OCH3 is 1. The van der Waals surface area contributed by atoms with Gasteiger partial charge in [-0.3, -0.25) is 0 Å². The first-order valence-corrected chi connectivity index (χ1v) is 6.67. The number of anilines is 1. The molecule has 0 aliphatic carbocycles. The lowest BCUT2D eigenvalue weighted by Crippen LogP contribution is -2.38. The van der Waals surface area contributed by atoms with Crippen LogP contribution in [0.25, 0.3) is 5.78 Å². The molecule has 0 radical (unpaired) electrons. The molecule has 7 nitrogen and oxygen atoms in total. The predicted octanol–water partition coefficient (Wildman–Crippen LogP) is 1.07. The maximum Gasteiger partial charge on any atom is 0.254 e. The van der Waals surface area contributed by atoms with Gasteiger partial charge < -0.3 is 15.4 Å². The van der Waals surface area contributed by atoms with Crippen LogP contribution in [0, 0.1) is 0 Å². The number of rotatable bonds is 6. The van der Waals surface area contributed by atoms with Crippen molar-refractivity contribution in [2.45, 2.75) is 32.9 Å². The van der Waals surface area contributed by atoms with Crippen LogP contribution in [0.15, 0.2) is 12.4 Å². The molecule has 0 aliphatic rings. The summed E-state index contributed by atoms with van der Waals surface area (Å²) in [5, 5.41) is 10.9. The van der Waals surface area contributed by atoms with E-state index in [9.17, 15) is 0 Å². The first-order chi connectivity index (χ1) is 9.49. The smallest absolute Gasteiger partial charge is 0.254 e. The molecule has 0 spiro atoms. The zero-order chi connectivity index (χ0) is 14.6. The standard InChI is InChI=1S/C13H22N6O/c1-13(2,3)16-6-5-14-11-7-10(8-20-4)18-12-15-9-17-19(11)12/h7,9,14,16H,5-6,8H2,1-4H3. The number of fused-ring (bicyclic) bond motifs is 1. The topological polar surface area (TPSA) is 76.4 Å². The molecule has 2 rings (SSSR count). The molecule has 0 saturated carbocycles. The summed E-state index contributed by atoms with van der Waals surface area (Å²) in [6.07, 6.45) is 1.50. The van der Waals surface area contributed by atoms with Crippen molar-refractivity contribution in [3.8, 4) is 0 Å². The molecule has 0 atom stereocenters. The van der Waals surface area contributed by atoms with Crippen LogP contribution in [0.5, 0.6) is 0 Å². The molecule has 20 heavy (non-hydrogen) atoms. The number of ether oxygens (including phenoxy) is 1. The van der Waals surface area contributed by atoms with Gasteiger partial charge >= 0.3 is 0 Å². The molecule has 2 aromatic rings. The van der Waals surface area contributed by atoms with E-state index in [1.807, 2.05) is 6.07 Å². The lowest BCUT2D eigenvalue weighted by atomic mass is 10.1. The Morgan fingerprint density at radius 1 is 1.30 bits per heavy atom. The van der Waals surface area contributed by atoms with Gasteiger partial charge in [0, 0.05) is 31.8 Å². The Morgan fingerprint density at radius 2 is 2.10 bits per heavy atom. The van der Waals surface area contributed by atoms with E-state index in [-0.39, 0.29) is 5.54 Å². The zero-order valence-electron chi connectivity index (χ0n) is 12.5. The third kappa shape index (κ3) is 3.88. The van der Waals surface area contributed by atoms with Crippen LogP contribution in [0.3, 0.4) is 0 Å². The highest BCUT2D eigenvalue weighted by Gasteiger charge is 2.09. The Balaban J connectivity index is 2.06. The van der Waals surface area contributed by atoms with Crippen molar-refractivity contribution in [1.29, 1.82) is 0 Å². The van der Waals surface area contributed by atoms with Crippen LogP contribution >= 0.6 is 0 Å². The highest BCUT2D eigenvalue weighted by molar-refractivity contribution is 5.44. The van der Waals surface area contributed by atoms with E-state index in [4.69, 9.17) is 4.74 Å². The lowest BCUT2D eigenvalue weighted by Gasteiger charge is -2.20. The zero-order valence-corrected chi connectivity index (χ0v) is 12.5. The van der Waals surface area contributed by atoms with E-state index in [2.05, 4.69) is 46.5 Å². The highest BCUT2D eigenvalue weighted by Crippen LogP contribution is 2.11. The van der Waals surface area contributed by atoms with Crippen molar-refractivity contribution in [3.63, 3.8) is 0 Å². The van der Waals surface area contributed by atoms with E-state index in [1.165, 1.54) is 6.33 Å². The van der Waals surface area contributed by atoms with Gasteiger partial charge in [-0.1, -0.05) is 0 Å². The Bertz CT molecular complexity index is 559. The number of nitrogens with one attached hydrogen (secondary N) is 2. The molecule has 110 valence electrons. The molecule has 0 aromatic carbocycles. The minimum absolute atomic E-state index is 0.115. The Labute approximate surface area is 118 Å². The van der Waals surface area contributed by atoms with E-state index >= 15 is 0 Å². The van der Waals surface area contributed by atoms with Gasteiger partial charge in [-0.2, -0.15) is 14.6 Å². The third-order valence-corrected chi connectivity index (χ3v) is 2.68. The maximum absolute atomic E-state index is 5.12. The van der Waals surface area contributed by atoms with Gasteiger partial charge in [0.25, 0.3) is 5.78 Å². The normalized spacial score (nSPS) is 12.0. The average Bonchev–Trinajstić information content (AvgIpc) is 2.82. The van der Waals surface area contributed by atoms with Crippen LogP contribution in [0.4, 0.5) is 5.82 Å². The summed E-state index contributed by atoms with van der Waals surface area (Å²) in [6, 6.07) is 1.93. The van der Waals surface area contributed by atoms with Crippen molar-refractivity contribution in [3.05, 3.63) is 18.1 Å². The van der Waals surface area contributed by atoms with Crippen molar-refractivity contribution < 1.29 is 4.74 Å². The Hall–Kier alpha value is -1.73. The van der Waals surface area contributed by atoms with Gasteiger partial charge in [-0.25, -0.2) is 4.98 Å². The molecular formula is C13H22N6O. The maximum atomic E-state index is 5.12. The van der Waals surface area contributed by atoms with Gasteiger partial charge in [0.2, 0.25) is 0 Å². The highest BCUT2D eigenvalue weighted by atomic mass is 16.5. The third-order valence-electron chi connectivity index (χ3n) is 2.68. The van der Waals surface area contributed by atoms with Crippen LogP contribution in [0.2, 0.25) is 0 Å². The number of nitrogens with zero attached hydrogens (tertiary/aromatic N) is 4. The van der Waals surface area contributed by atoms with E-state index < -0.39 is 0 Å². The molecule has 0 bridgehead atoms. The van der Waals surface area contributed by atoms with Crippen molar-refractivity contribution in [2.24, 2.45) is 0 Å². The van der Waals surface area contributed by atoms with Crippen LogP contribution in [0.1, 0.15) is 26.5 Å². The van der Waals surface area contributed by atoms with E-state index in [0.29, 0.717) is 12.4 Å². The fourth-order valence-electron chi connectivity index (χ4n) is 1.84. The van der Waals surface area contributed by atoms with Gasteiger partial charge in [0.15, 0.2) is 0 Å². The van der Waals surface area contributed by atoms with Crippen LogP contribution < -0.4 is 10.6 Å². The Kier molecular flexibility index (Phi) is 4.51. The van der Waals surface area contributed by atoms with Crippen LogP contribution in [-0.4, -0.2) is 45.3 Å². The summed E-state index contributed by atoms with van der Waals surface area (Å²) in [7, 11) is 1.65. The number of aromatic nitrogens is 4. The predicted molar refractivity (Wildman–Crippen MR) is 77.7 cm³/mol. The van der Waals surface area contributed by atoms with Crippen LogP contribution in [-0.2, 0) is 11.3 Å². The molecule has 0 amide bonds. The summed E-state index contributed by atoms with van der Waals surface area (Å²) >= 11 is 0. The first-order valence-electron chi connectivity index (χ1n) is 6.67. The SMILES string of the molecule is COCc1cc(NCCNC(C)(C)C)n2ncnc2n1. The average molecular weight is 278 g/mol. The summed E-state index contributed by atoms with van der Waals surface area (Å²) in [5.41, 5.74) is 0.947. The van der Waals surface area contributed by atoms with Gasteiger partial charge in [-0.05, 0) is 20.8 Å². The van der Waals surface area contributed by atoms with E-state index in [0.717, 1.165) is 24.6 Å². The fraction of sp³-hybridized carbons (Fsp3) is 0.615. The minimum atomic E-state index is 0.115. The second kappa shape index (κ2) is 6.15. The number of hydrogen-bond donors (Lipinski definition) is 2. The van der Waals surface area contributed by atoms with E-state index in [1.54, 1.807) is 11.6 Å². The fourth-order valence-corrected chi connectivity index (χ4v) is 1.84. The number of hydrogen-bond acceptors (Lipinski definition) is 6. The summed E-state index contributed by atoms with van der Waals surface area (Å²) in [6.45, 7) is 8.55. The molecule has 2 heterocycles. The Morgan fingerprint density at radius 3 is 2.80 bits per heavy atom. The minimum Gasteiger partial charge on any atom is -0.378 e. The van der Waals surface area contributed by atoms with Crippen molar-refractivity contribution in [1.82, 2.24) is 24.9 Å². The molecule has 0 saturated heterocycles. The first kappa shape index (κ1) is 14.7. The van der Waals surface area contributed by atoms with Crippen molar-refractivity contribution >= 4 is 11.6 Å². The van der Waals surface area contributed by atoms with Gasteiger partial charge in [0.05, 0.1) is 12.3 Å². The molecule has 0 aliphatic heterocycles. The molecule has 2 aromatic heterocycles. The molecule has 0 unspecified atom stereocenters. The monoisotopic (exact) mass is 278 g/mol. The molecule has 7 heteroatoms. The van der Waals surface area contributed by atoms with Gasteiger partial charge in [0.1, 0.15) is 12.1 Å². The summed E-state index contributed by atoms with van der Waals surface area (Å²) < 4.78 is 6.81. The molecule has 2 N–H and O–H groups in total. The largest absolute Gasteiger partial charge is 0.378 e. The molecule has 0 fully saturated rings. The molecular weight excluding hydrogens is 256 g/mol. The quantitative estimate of drug-likeness (QED) is 0.770. The van der Waals surface area contributed by atoms with Crippen molar-refractivity contribution in [2.75, 3.05) is 25.5 Å². The van der Waals surface area contributed by atoms with Gasteiger partial charge in [-0.15, -0.1) is 0 Å². The summed E-state index contributed by atoms with van der Waals surface area (Å²) in [5.74, 6) is 1.45. The summed E-state index contributed by atoms with van der Waals surface area (Å²) in [4.78, 5) is 8.48. The lowest BCUT2D eigenvalue weighted by molar-refractivity contribution is 0.181.